The number of thioether (sulfide) groups is 1. The highest BCUT2D eigenvalue weighted by Gasteiger charge is 2.24. The monoisotopic (exact) mass is 397 g/mol. The summed E-state index contributed by atoms with van der Waals surface area (Å²) in [6.07, 6.45) is 1.79. The van der Waals surface area contributed by atoms with Crippen LogP contribution in [0.1, 0.15) is 5.56 Å². The Labute approximate surface area is 163 Å². The van der Waals surface area contributed by atoms with Crippen LogP contribution in [0.25, 0.3) is 16.3 Å². The molecule has 1 aliphatic heterocycles. The van der Waals surface area contributed by atoms with Crippen molar-refractivity contribution in [3.05, 3.63) is 52.9 Å². The smallest absolute Gasteiger partial charge is 0.264 e. The van der Waals surface area contributed by atoms with Crippen LogP contribution in [0, 0.1) is 0 Å². The summed E-state index contributed by atoms with van der Waals surface area (Å²) < 4.78 is 11.6. The number of nitrogens with one attached hydrogen (secondary N) is 1. The number of methoxy groups -OCH3 is 2. The molecule has 6 nitrogen and oxygen atoms in total. The minimum atomic E-state index is -0.186. The van der Waals surface area contributed by atoms with Crippen molar-refractivity contribution < 1.29 is 14.3 Å². The Morgan fingerprint density at radius 2 is 1.93 bits per heavy atom. The van der Waals surface area contributed by atoms with Gasteiger partial charge >= 0.3 is 0 Å². The van der Waals surface area contributed by atoms with Crippen molar-refractivity contribution in [1.29, 1.82) is 0 Å². The fourth-order valence-corrected chi connectivity index (χ4v) is 4.29. The maximum atomic E-state index is 12.3. The van der Waals surface area contributed by atoms with Crippen LogP contribution in [0.15, 0.2) is 52.4 Å². The zero-order valence-electron chi connectivity index (χ0n) is 14.6. The molecule has 4 rings (SSSR count). The number of hydrogen-bond donors (Lipinski definition) is 1. The normalized spacial score (nSPS) is 16.9. The van der Waals surface area contributed by atoms with Gasteiger partial charge in [-0.2, -0.15) is 4.99 Å². The molecule has 1 aliphatic rings. The Morgan fingerprint density at radius 3 is 2.70 bits per heavy atom. The first kappa shape index (κ1) is 17.6. The lowest BCUT2D eigenvalue weighted by molar-refractivity contribution is -0.115. The standard InChI is InChI=1S/C19H15N3O3S2/c1-24-13-8-7-11(9-14(13)25-2)10-16-17(23)21-19(27-16)22-18-20-12-5-3-4-6-15(12)26-18/h3-10H,1-2H3,(H,20,21,22,23)/b16-10-. The third-order valence-electron chi connectivity index (χ3n) is 3.84. The van der Waals surface area contributed by atoms with E-state index in [0.29, 0.717) is 26.7 Å². The first-order valence-corrected chi connectivity index (χ1v) is 9.67. The van der Waals surface area contributed by atoms with Gasteiger partial charge in [-0.15, -0.1) is 0 Å². The predicted molar refractivity (Wildman–Crippen MR) is 110 cm³/mol. The van der Waals surface area contributed by atoms with Gasteiger partial charge in [-0.05, 0) is 47.7 Å². The van der Waals surface area contributed by atoms with Gasteiger partial charge in [-0.25, -0.2) is 4.98 Å². The minimum Gasteiger partial charge on any atom is -0.493 e. The molecule has 2 aromatic carbocycles. The van der Waals surface area contributed by atoms with E-state index in [0.717, 1.165) is 15.8 Å². The number of ether oxygens (including phenoxy) is 2. The number of benzene rings is 2. The first-order chi connectivity index (χ1) is 13.2. The van der Waals surface area contributed by atoms with E-state index >= 15 is 0 Å². The molecule has 0 unspecified atom stereocenters. The molecule has 1 aromatic heterocycles. The van der Waals surface area contributed by atoms with E-state index in [1.165, 1.54) is 23.1 Å². The van der Waals surface area contributed by atoms with Crippen molar-refractivity contribution >= 4 is 55.6 Å². The van der Waals surface area contributed by atoms with Gasteiger partial charge in [-0.1, -0.05) is 29.5 Å². The fraction of sp³-hybridized carbons (Fsp3) is 0.105. The molecule has 0 atom stereocenters. The van der Waals surface area contributed by atoms with Crippen molar-refractivity contribution in [2.45, 2.75) is 0 Å². The number of carbonyl (C=O) groups is 1. The van der Waals surface area contributed by atoms with E-state index in [1.54, 1.807) is 26.4 Å². The quantitative estimate of drug-likeness (QED) is 0.668. The zero-order chi connectivity index (χ0) is 18.8. The number of aromatic nitrogens is 1. The van der Waals surface area contributed by atoms with Gasteiger partial charge < -0.3 is 14.8 Å². The molecule has 1 saturated heterocycles. The highest BCUT2D eigenvalue weighted by Crippen LogP contribution is 2.33. The first-order valence-electron chi connectivity index (χ1n) is 8.03. The third kappa shape index (κ3) is 3.67. The zero-order valence-corrected chi connectivity index (χ0v) is 16.2. The van der Waals surface area contributed by atoms with Crippen molar-refractivity contribution in [3.8, 4) is 11.5 Å². The molecule has 8 heteroatoms. The Morgan fingerprint density at radius 1 is 1.11 bits per heavy atom. The number of fused-ring (bicyclic) bond motifs is 1. The average Bonchev–Trinajstić information content (AvgIpc) is 3.24. The summed E-state index contributed by atoms with van der Waals surface area (Å²) in [4.78, 5) is 21.8. The van der Waals surface area contributed by atoms with Crippen molar-refractivity contribution in [3.63, 3.8) is 0 Å². The van der Waals surface area contributed by atoms with Gasteiger partial charge in [0.05, 0.1) is 29.3 Å². The Kier molecular flexibility index (Phi) is 4.83. The van der Waals surface area contributed by atoms with Gasteiger partial charge in [0.25, 0.3) is 5.91 Å². The lowest BCUT2D eigenvalue weighted by Gasteiger charge is -2.07. The maximum Gasteiger partial charge on any atom is 0.264 e. The Balaban J connectivity index is 1.59. The highest BCUT2D eigenvalue weighted by molar-refractivity contribution is 8.18. The van der Waals surface area contributed by atoms with Crippen molar-refractivity contribution in [2.75, 3.05) is 14.2 Å². The van der Waals surface area contributed by atoms with Gasteiger partial charge in [0.15, 0.2) is 16.7 Å². The second-order valence-electron chi connectivity index (χ2n) is 5.56. The average molecular weight is 397 g/mol. The maximum absolute atomic E-state index is 12.3. The molecule has 0 saturated carbocycles. The largest absolute Gasteiger partial charge is 0.493 e. The fourth-order valence-electron chi connectivity index (χ4n) is 2.57. The van der Waals surface area contributed by atoms with Crippen LogP contribution >= 0.6 is 23.1 Å². The Hall–Kier alpha value is -2.84. The molecule has 27 heavy (non-hydrogen) atoms. The van der Waals surface area contributed by atoms with E-state index < -0.39 is 0 Å². The lowest BCUT2D eigenvalue weighted by atomic mass is 10.2. The molecule has 0 radical (unpaired) electrons. The second-order valence-corrected chi connectivity index (χ2v) is 7.60. The van der Waals surface area contributed by atoms with Gasteiger partial charge in [-0.3, -0.25) is 4.79 Å². The summed E-state index contributed by atoms with van der Waals surface area (Å²) in [6, 6.07) is 13.3. The van der Waals surface area contributed by atoms with E-state index in [4.69, 9.17) is 9.47 Å². The van der Waals surface area contributed by atoms with Crippen LogP contribution in [-0.4, -0.2) is 30.3 Å². The molecule has 3 aromatic rings. The molecule has 136 valence electrons. The summed E-state index contributed by atoms with van der Waals surface area (Å²) in [5, 5.41) is 3.92. The van der Waals surface area contributed by atoms with Crippen LogP contribution in [0.4, 0.5) is 5.13 Å². The van der Waals surface area contributed by atoms with Crippen molar-refractivity contribution in [1.82, 2.24) is 10.3 Å². The molecule has 0 bridgehead atoms. The highest BCUT2D eigenvalue weighted by atomic mass is 32.2. The summed E-state index contributed by atoms with van der Waals surface area (Å²) in [5.41, 5.74) is 1.74. The van der Waals surface area contributed by atoms with Crippen molar-refractivity contribution in [2.24, 2.45) is 4.99 Å². The predicted octanol–water partition coefficient (Wildman–Crippen LogP) is 4.21. The molecule has 1 amide bonds. The topological polar surface area (TPSA) is 72.8 Å². The number of nitrogens with zero attached hydrogens (tertiary/aromatic N) is 2. The number of thiazole rings is 1. The number of aliphatic imine (C=N–C) groups is 1. The number of hydrogen-bond acceptors (Lipinski definition) is 7. The van der Waals surface area contributed by atoms with Crippen LogP contribution in [0.2, 0.25) is 0 Å². The number of para-hydroxylation sites is 1. The number of amides is 1. The summed E-state index contributed by atoms with van der Waals surface area (Å²) in [7, 11) is 3.16. The summed E-state index contributed by atoms with van der Waals surface area (Å²) >= 11 is 2.77. The lowest BCUT2D eigenvalue weighted by Crippen LogP contribution is -2.19. The SMILES string of the molecule is COc1ccc(/C=C2\S/C(=N/c3nc4ccccc4s3)NC2=O)cc1OC. The van der Waals surface area contributed by atoms with E-state index in [2.05, 4.69) is 15.3 Å². The van der Waals surface area contributed by atoms with E-state index in [1.807, 2.05) is 36.4 Å². The Bertz CT molecular complexity index is 1060. The molecular formula is C19H15N3O3S2. The van der Waals surface area contributed by atoms with Crippen LogP contribution in [0.5, 0.6) is 11.5 Å². The molecule has 2 heterocycles. The second kappa shape index (κ2) is 7.42. The molecule has 1 N–H and O–H groups in total. The number of rotatable bonds is 4. The van der Waals surface area contributed by atoms with E-state index in [9.17, 15) is 4.79 Å². The molecular weight excluding hydrogens is 382 g/mol. The van der Waals surface area contributed by atoms with Gasteiger partial charge in [0, 0.05) is 0 Å². The summed E-state index contributed by atoms with van der Waals surface area (Å²) in [6.45, 7) is 0. The third-order valence-corrected chi connectivity index (χ3v) is 5.68. The molecule has 1 fully saturated rings. The molecule has 0 aliphatic carbocycles. The minimum absolute atomic E-state index is 0.186. The number of amidine groups is 1. The van der Waals surface area contributed by atoms with Crippen LogP contribution in [0.3, 0.4) is 0 Å². The van der Waals surface area contributed by atoms with Crippen LogP contribution < -0.4 is 14.8 Å². The van der Waals surface area contributed by atoms with Gasteiger partial charge in [0.1, 0.15) is 0 Å². The molecule has 0 spiro atoms. The van der Waals surface area contributed by atoms with Crippen LogP contribution in [-0.2, 0) is 4.79 Å². The number of carbonyl (C=O) groups excluding carboxylic acids is 1. The summed E-state index contributed by atoms with van der Waals surface area (Å²) in [5.74, 6) is 1.06. The van der Waals surface area contributed by atoms with E-state index in [-0.39, 0.29) is 5.91 Å². The van der Waals surface area contributed by atoms with Gasteiger partial charge in [0.2, 0.25) is 5.13 Å².